The molecule has 29 heavy (non-hydrogen) atoms. The number of methoxy groups -OCH3 is 1. The molecule has 1 aliphatic heterocycles. The lowest BCUT2D eigenvalue weighted by Gasteiger charge is -2.32. The highest BCUT2D eigenvalue weighted by atomic mass is 19.1. The van der Waals surface area contributed by atoms with Gasteiger partial charge in [-0.15, -0.1) is 0 Å². The van der Waals surface area contributed by atoms with Crippen LogP contribution in [0, 0.1) is 17.5 Å². The first-order valence-corrected chi connectivity index (χ1v) is 9.59. The molecule has 4 nitrogen and oxygen atoms in total. The van der Waals surface area contributed by atoms with E-state index < -0.39 is 11.6 Å². The van der Waals surface area contributed by atoms with Crippen molar-refractivity contribution in [2.24, 2.45) is 0 Å². The number of H-pyrrole nitrogens is 1. The number of hydrogen-bond acceptors (Lipinski definition) is 3. The van der Waals surface area contributed by atoms with E-state index in [1.54, 1.807) is 12.1 Å². The number of benzene rings is 2. The molecule has 0 spiro atoms. The molecule has 2 heterocycles. The minimum Gasteiger partial charge on any atom is -0.497 e. The van der Waals surface area contributed by atoms with Crippen LogP contribution in [0.4, 0.5) is 13.2 Å². The molecular weight excluding hydrogens is 379 g/mol. The van der Waals surface area contributed by atoms with Gasteiger partial charge < -0.3 is 4.74 Å². The number of halogens is 3. The molecule has 152 valence electrons. The Kier molecular flexibility index (Phi) is 5.58. The fraction of sp³-hybridized carbons (Fsp3) is 0.318. The molecule has 0 aliphatic carbocycles. The van der Waals surface area contributed by atoms with E-state index in [4.69, 9.17) is 4.74 Å². The molecule has 4 rings (SSSR count). The zero-order valence-corrected chi connectivity index (χ0v) is 16.1. The highest BCUT2D eigenvalue weighted by Gasteiger charge is 2.27. The minimum atomic E-state index is -0.611. The fourth-order valence-corrected chi connectivity index (χ4v) is 4.02. The zero-order valence-electron chi connectivity index (χ0n) is 16.1. The van der Waals surface area contributed by atoms with Crippen LogP contribution in [0.2, 0.25) is 0 Å². The molecular formula is C22H22F3N3O. The summed E-state index contributed by atoms with van der Waals surface area (Å²) in [6.07, 6.45) is 3.24. The molecule has 1 fully saturated rings. The Hall–Kier alpha value is -2.80. The highest BCUT2D eigenvalue weighted by Crippen LogP contribution is 2.35. The Labute approximate surface area is 167 Å². The molecule has 1 aromatic heterocycles. The first-order valence-electron chi connectivity index (χ1n) is 9.59. The van der Waals surface area contributed by atoms with Crippen molar-refractivity contribution in [2.45, 2.75) is 25.3 Å². The third-order valence-corrected chi connectivity index (χ3v) is 5.47. The van der Waals surface area contributed by atoms with E-state index in [1.807, 2.05) is 0 Å². The fourth-order valence-electron chi connectivity index (χ4n) is 4.02. The highest BCUT2D eigenvalue weighted by molar-refractivity contribution is 5.67. The number of likely N-dealkylation sites (tertiary alicyclic amines) is 1. The molecule has 0 bridgehead atoms. The van der Waals surface area contributed by atoms with Gasteiger partial charge in [0.05, 0.1) is 18.9 Å². The molecule has 0 amide bonds. The second-order valence-corrected chi connectivity index (χ2v) is 7.33. The Bertz CT molecular complexity index is 984. The molecule has 0 saturated carbocycles. The zero-order chi connectivity index (χ0) is 20.4. The maximum absolute atomic E-state index is 14.3. The molecule has 1 saturated heterocycles. The quantitative estimate of drug-likeness (QED) is 0.662. The van der Waals surface area contributed by atoms with Crippen molar-refractivity contribution < 1.29 is 17.9 Å². The minimum absolute atomic E-state index is 0.0292. The van der Waals surface area contributed by atoms with Crippen LogP contribution < -0.4 is 4.74 Å². The van der Waals surface area contributed by atoms with Gasteiger partial charge in [0, 0.05) is 41.9 Å². The number of aromatic nitrogens is 2. The summed E-state index contributed by atoms with van der Waals surface area (Å²) >= 11 is 0. The summed E-state index contributed by atoms with van der Waals surface area (Å²) in [5, 5.41) is 6.99. The van der Waals surface area contributed by atoms with Crippen molar-refractivity contribution in [2.75, 3.05) is 20.2 Å². The summed E-state index contributed by atoms with van der Waals surface area (Å²) in [6.45, 7) is 1.94. The van der Waals surface area contributed by atoms with E-state index >= 15 is 0 Å². The lowest BCUT2D eigenvalue weighted by molar-refractivity contribution is 0.196. The van der Waals surface area contributed by atoms with E-state index in [-0.39, 0.29) is 17.3 Å². The average molecular weight is 401 g/mol. The van der Waals surface area contributed by atoms with E-state index in [0.717, 1.165) is 19.4 Å². The van der Waals surface area contributed by atoms with Gasteiger partial charge >= 0.3 is 0 Å². The van der Waals surface area contributed by atoms with E-state index in [0.29, 0.717) is 35.7 Å². The van der Waals surface area contributed by atoms with Gasteiger partial charge in [-0.25, -0.2) is 13.2 Å². The van der Waals surface area contributed by atoms with Crippen LogP contribution in [0.3, 0.4) is 0 Å². The molecule has 1 atom stereocenters. The average Bonchev–Trinajstić information content (AvgIpc) is 3.19. The van der Waals surface area contributed by atoms with Gasteiger partial charge in [-0.2, -0.15) is 5.10 Å². The molecule has 1 N–H and O–H groups in total. The molecule has 0 radical (unpaired) electrons. The van der Waals surface area contributed by atoms with Crippen molar-refractivity contribution >= 4 is 0 Å². The van der Waals surface area contributed by atoms with Crippen molar-refractivity contribution in [1.29, 1.82) is 0 Å². The van der Waals surface area contributed by atoms with E-state index in [1.165, 1.54) is 37.6 Å². The van der Waals surface area contributed by atoms with Gasteiger partial charge in [0.25, 0.3) is 0 Å². The summed E-state index contributed by atoms with van der Waals surface area (Å²) in [5.41, 5.74) is 1.70. The van der Waals surface area contributed by atoms with Gasteiger partial charge in [0.15, 0.2) is 0 Å². The van der Waals surface area contributed by atoms with Crippen LogP contribution in [0.15, 0.2) is 42.6 Å². The monoisotopic (exact) mass is 401 g/mol. The maximum atomic E-state index is 14.3. The number of nitrogens with zero attached hydrogens (tertiary/aromatic N) is 2. The van der Waals surface area contributed by atoms with Crippen LogP contribution in [0.25, 0.3) is 11.1 Å². The van der Waals surface area contributed by atoms with Crippen LogP contribution >= 0.6 is 0 Å². The number of rotatable bonds is 5. The van der Waals surface area contributed by atoms with Crippen LogP contribution in [0.5, 0.6) is 5.75 Å². The van der Waals surface area contributed by atoms with Gasteiger partial charge in [-0.3, -0.25) is 10.00 Å². The lowest BCUT2D eigenvalue weighted by atomic mass is 9.90. The topological polar surface area (TPSA) is 41.1 Å². The first kappa shape index (κ1) is 19.5. The Morgan fingerprint density at radius 1 is 1.14 bits per heavy atom. The van der Waals surface area contributed by atoms with Gasteiger partial charge in [0.2, 0.25) is 0 Å². The molecule has 1 aliphatic rings. The van der Waals surface area contributed by atoms with Crippen LogP contribution in [-0.2, 0) is 6.54 Å². The summed E-state index contributed by atoms with van der Waals surface area (Å²) in [7, 11) is 1.50. The largest absolute Gasteiger partial charge is 0.497 e. The van der Waals surface area contributed by atoms with Crippen LogP contribution in [-0.4, -0.2) is 35.3 Å². The van der Waals surface area contributed by atoms with Gasteiger partial charge in [0.1, 0.15) is 23.2 Å². The second kappa shape index (κ2) is 8.29. The number of hydrogen-bond donors (Lipinski definition) is 1. The van der Waals surface area contributed by atoms with Crippen molar-refractivity contribution in [3.8, 4) is 16.9 Å². The molecule has 7 heteroatoms. The summed E-state index contributed by atoms with van der Waals surface area (Å²) in [6, 6.07) is 8.69. The molecule has 2 aromatic carbocycles. The van der Waals surface area contributed by atoms with E-state index in [2.05, 4.69) is 15.1 Å². The van der Waals surface area contributed by atoms with Gasteiger partial charge in [-0.1, -0.05) is 12.1 Å². The first-order chi connectivity index (χ1) is 14.1. The van der Waals surface area contributed by atoms with Crippen molar-refractivity contribution in [3.63, 3.8) is 0 Å². The SMILES string of the molecule is COc1ccc(CN2CCC[C@@H](c3[nH]ncc3-c3c(F)cccc3F)C2)c(F)c1. The number of aromatic amines is 1. The Morgan fingerprint density at radius 2 is 1.93 bits per heavy atom. The van der Waals surface area contributed by atoms with Crippen molar-refractivity contribution in [3.05, 3.63) is 71.3 Å². The predicted octanol–water partition coefficient (Wildman–Crippen LogP) is 4.88. The van der Waals surface area contributed by atoms with Crippen LogP contribution in [0.1, 0.15) is 30.0 Å². The molecule has 3 aromatic rings. The predicted molar refractivity (Wildman–Crippen MR) is 104 cm³/mol. The summed E-state index contributed by atoms with van der Waals surface area (Å²) < 4.78 is 48.0. The summed E-state index contributed by atoms with van der Waals surface area (Å²) in [4.78, 5) is 2.15. The Morgan fingerprint density at radius 3 is 2.66 bits per heavy atom. The smallest absolute Gasteiger partial charge is 0.134 e. The Balaban J connectivity index is 1.55. The lowest BCUT2D eigenvalue weighted by Crippen LogP contribution is -2.34. The number of nitrogens with one attached hydrogen (secondary N) is 1. The third kappa shape index (κ3) is 4.00. The molecule has 0 unspecified atom stereocenters. The maximum Gasteiger partial charge on any atom is 0.134 e. The third-order valence-electron chi connectivity index (χ3n) is 5.47. The standard InChI is InChI=1S/C22H22F3N3O/c1-29-16-8-7-14(20(25)10-16)12-28-9-3-4-15(13-28)22-17(11-26-27-22)21-18(23)5-2-6-19(21)24/h2,5-8,10-11,15H,3-4,9,12-13H2,1H3,(H,26,27)/t15-/m1/s1. The van der Waals surface area contributed by atoms with Gasteiger partial charge in [-0.05, 0) is 37.6 Å². The van der Waals surface area contributed by atoms with Crippen molar-refractivity contribution in [1.82, 2.24) is 15.1 Å². The summed E-state index contributed by atoms with van der Waals surface area (Å²) in [5.74, 6) is -1.01. The number of ether oxygens (including phenoxy) is 1. The second-order valence-electron chi connectivity index (χ2n) is 7.33. The normalized spacial score (nSPS) is 17.4. The van der Waals surface area contributed by atoms with E-state index in [9.17, 15) is 13.2 Å². The number of piperidine rings is 1.